The smallest absolute Gasteiger partial charge is 0.236 e. The van der Waals surface area contributed by atoms with Gasteiger partial charge in [0.05, 0.1) is 18.1 Å². The first-order valence-corrected chi connectivity index (χ1v) is 8.01. The van der Waals surface area contributed by atoms with Crippen molar-refractivity contribution in [2.75, 3.05) is 31.1 Å². The Kier molecular flexibility index (Phi) is 5.43. The molecule has 1 aliphatic carbocycles. The van der Waals surface area contributed by atoms with Gasteiger partial charge in [0, 0.05) is 12.6 Å². The zero-order valence-corrected chi connectivity index (χ0v) is 12.2. The van der Waals surface area contributed by atoms with Gasteiger partial charge in [0.25, 0.3) is 0 Å². The average molecular weight is 297 g/mol. The van der Waals surface area contributed by atoms with Crippen LogP contribution in [-0.2, 0) is 14.6 Å². The van der Waals surface area contributed by atoms with Gasteiger partial charge in [0.2, 0.25) is 5.91 Å². The summed E-state index contributed by atoms with van der Waals surface area (Å²) in [4.78, 5) is 13.6. The van der Waals surface area contributed by atoms with E-state index in [0.717, 1.165) is 12.5 Å². The first-order chi connectivity index (χ1) is 7.98. The maximum absolute atomic E-state index is 11.9. The molecule has 18 heavy (non-hydrogen) atoms. The Hall–Kier alpha value is -0.330. The van der Waals surface area contributed by atoms with Crippen LogP contribution in [0, 0.1) is 5.92 Å². The minimum Gasteiger partial charge on any atom is -0.337 e. The van der Waals surface area contributed by atoms with Gasteiger partial charge in [-0.25, -0.2) is 8.42 Å². The highest BCUT2D eigenvalue weighted by atomic mass is 35.5. The molecule has 1 heterocycles. The van der Waals surface area contributed by atoms with E-state index in [0.29, 0.717) is 13.1 Å². The van der Waals surface area contributed by atoms with Crippen molar-refractivity contribution in [3.05, 3.63) is 0 Å². The molecule has 1 saturated heterocycles. The monoisotopic (exact) mass is 296 g/mol. The third kappa shape index (κ3) is 4.40. The Morgan fingerprint density at radius 3 is 2.61 bits per heavy atom. The van der Waals surface area contributed by atoms with Crippen molar-refractivity contribution < 1.29 is 13.2 Å². The molecule has 0 bridgehead atoms. The molecule has 2 fully saturated rings. The molecule has 1 atom stereocenters. The minimum atomic E-state index is -2.94. The fourth-order valence-corrected chi connectivity index (χ4v) is 3.73. The van der Waals surface area contributed by atoms with Crippen LogP contribution >= 0.6 is 12.4 Å². The lowest BCUT2D eigenvalue weighted by molar-refractivity contribution is -0.131. The molecule has 0 aromatic rings. The molecule has 2 rings (SSSR count). The summed E-state index contributed by atoms with van der Waals surface area (Å²) < 4.78 is 22.8. The molecule has 0 aromatic heterocycles. The van der Waals surface area contributed by atoms with E-state index in [4.69, 9.17) is 0 Å². The maximum atomic E-state index is 11.9. The first-order valence-electron chi connectivity index (χ1n) is 6.18. The van der Waals surface area contributed by atoms with Crippen molar-refractivity contribution in [3.8, 4) is 0 Å². The molecule has 1 N–H and O–H groups in total. The Bertz CT molecular complexity index is 395. The third-order valence-corrected chi connectivity index (χ3v) is 5.19. The highest BCUT2D eigenvalue weighted by Gasteiger charge is 2.31. The number of rotatable bonds is 4. The van der Waals surface area contributed by atoms with Crippen molar-refractivity contribution in [1.82, 2.24) is 10.2 Å². The van der Waals surface area contributed by atoms with Crippen LogP contribution in [0.25, 0.3) is 0 Å². The van der Waals surface area contributed by atoms with Crippen LogP contribution in [0.5, 0.6) is 0 Å². The number of carbonyl (C=O) groups excluding carboxylic acids is 1. The Balaban J connectivity index is 0.00000162. The normalized spacial score (nSPS) is 26.5. The van der Waals surface area contributed by atoms with E-state index < -0.39 is 9.84 Å². The summed E-state index contributed by atoms with van der Waals surface area (Å²) in [5, 5.41) is 3.15. The predicted octanol–water partition coefficient (Wildman–Crippen LogP) is 0.0533. The van der Waals surface area contributed by atoms with E-state index in [-0.39, 0.29) is 35.9 Å². The average Bonchev–Trinajstić information content (AvgIpc) is 2.99. The van der Waals surface area contributed by atoms with Gasteiger partial charge in [-0.05, 0) is 32.2 Å². The highest BCUT2D eigenvalue weighted by molar-refractivity contribution is 7.91. The van der Waals surface area contributed by atoms with Gasteiger partial charge >= 0.3 is 0 Å². The fraction of sp³-hybridized carbons (Fsp3) is 0.909. The van der Waals surface area contributed by atoms with Crippen LogP contribution in [0.3, 0.4) is 0 Å². The molecular formula is C11H21ClN2O3S. The Morgan fingerprint density at radius 2 is 2.06 bits per heavy atom. The Labute approximate surface area is 115 Å². The quantitative estimate of drug-likeness (QED) is 0.796. The van der Waals surface area contributed by atoms with Crippen molar-refractivity contribution in [2.24, 2.45) is 5.92 Å². The summed E-state index contributed by atoms with van der Waals surface area (Å²) in [5.74, 6) is 0.975. The molecule has 1 unspecified atom stereocenters. The largest absolute Gasteiger partial charge is 0.337 e. The standard InChI is InChI=1S/C11H20N2O3S.ClH/c1-9-8-17(15,16)5-4-13(9)11(14)7-12-6-10-2-3-10;/h9-10,12H,2-8H2,1H3;1H. The number of nitrogens with one attached hydrogen (secondary N) is 1. The SMILES string of the molecule is CC1CS(=O)(=O)CCN1C(=O)CNCC1CC1.Cl. The number of hydrogen-bond donors (Lipinski definition) is 1. The van der Waals surface area contributed by atoms with Crippen LogP contribution < -0.4 is 5.32 Å². The lowest BCUT2D eigenvalue weighted by Crippen LogP contribution is -2.52. The van der Waals surface area contributed by atoms with Crippen LogP contribution in [0.15, 0.2) is 0 Å². The van der Waals surface area contributed by atoms with Gasteiger partial charge in [-0.2, -0.15) is 0 Å². The van der Waals surface area contributed by atoms with Gasteiger partial charge in [0.1, 0.15) is 0 Å². The van der Waals surface area contributed by atoms with E-state index in [9.17, 15) is 13.2 Å². The van der Waals surface area contributed by atoms with Gasteiger partial charge in [-0.1, -0.05) is 0 Å². The summed E-state index contributed by atoms with van der Waals surface area (Å²) in [6.45, 7) is 3.39. The van der Waals surface area contributed by atoms with E-state index in [1.807, 2.05) is 0 Å². The topological polar surface area (TPSA) is 66.5 Å². The van der Waals surface area contributed by atoms with Crippen LogP contribution in [-0.4, -0.2) is 56.4 Å². The number of carbonyl (C=O) groups is 1. The molecule has 7 heteroatoms. The van der Waals surface area contributed by atoms with Crippen molar-refractivity contribution >= 4 is 28.2 Å². The number of halogens is 1. The van der Waals surface area contributed by atoms with E-state index in [1.54, 1.807) is 11.8 Å². The second-order valence-corrected chi connectivity index (χ2v) is 7.35. The predicted molar refractivity (Wildman–Crippen MR) is 72.7 cm³/mol. The zero-order valence-electron chi connectivity index (χ0n) is 10.6. The van der Waals surface area contributed by atoms with Crippen LogP contribution in [0.1, 0.15) is 19.8 Å². The van der Waals surface area contributed by atoms with E-state index in [2.05, 4.69) is 5.32 Å². The summed E-state index contributed by atoms with van der Waals surface area (Å²) in [5.41, 5.74) is 0. The molecule has 0 aromatic carbocycles. The van der Waals surface area contributed by atoms with Gasteiger partial charge in [-0.15, -0.1) is 12.4 Å². The van der Waals surface area contributed by atoms with Gasteiger partial charge < -0.3 is 10.2 Å². The fourth-order valence-electron chi connectivity index (χ4n) is 2.18. The summed E-state index contributed by atoms with van der Waals surface area (Å²) in [6.07, 6.45) is 2.53. The van der Waals surface area contributed by atoms with Crippen molar-refractivity contribution in [2.45, 2.75) is 25.8 Å². The molecule has 1 saturated carbocycles. The minimum absolute atomic E-state index is 0. The van der Waals surface area contributed by atoms with E-state index in [1.165, 1.54) is 12.8 Å². The highest BCUT2D eigenvalue weighted by Crippen LogP contribution is 2.27. The summed E-state index contributed by atoms with van der Waals surface area (Å²) in [7, 11) is -2.94. The third-order valence-electron chi connectivity index (χ3n) is 3.40. The lowest BCUT2D eigenvalue weighted by Gasteiger charge is -2.33. The maximum Gasteiger partial charge on any atom is 0.236 e. The van der Waals surface area contributed by atoms with Gasteiger partial charge in [0.15, 0.2) is 9.84 Å². The first kappa shape index (κ1) is 15.7. The number of sulfone groups is 1. The number of hydrogen-bond acceptors (Lipinski definition) is 4. The van der Waals surface area contributed by atoms with Crippen molar-refractivity contribution in [3.63, 3.8) is 0 Å². The number of amides is 1. The number of nitrogens with zero attached hydrogens (tertiary/aromatic N) is 1. The van der Waals surface area contributed by atoms with Gasteiger partial charge in [-0.3, -0.25) is 4.79 Å². The zero-order chi connectivity index (χ0) is 12.5. The molecule has 2 aliphatic rings. The molecule has 1 aliphatic heterocycles. The van der Waals surface area contributed by atoms with E-state index >= 15 is 0 Å². The Morgan fingerprint density at radius 1 is 1.39 bits per heavy atom. The molecule has 5 nitrogen and oxygen atoms in total. The second-order valence-electron chi connectivity index (χ2n) is 5.12. The summed E-state index contributed by atoms with van der Waals surface area (Å²) >= 11 is 0. The van der Waals surface area contributed by atoms with Crippen LogP contribution in [0.4, 0.5) is 0 Å². The molecule has 106 valence electrons. The molecule has 0 spiro atoms. The molecule has 1 amide bonds. The van der Waals surface area contributed by atoms with Crippen LogP contribution in [0.2, 0.25) is 0 Å². The second kappa shape index (κ2) is 6.21. The summed E-state index contributed by atoms with van der Waals surface area (Å²) in [6, 6.07) is -0.191. The lowest BCUT2D eigenvalue weighted by atomic mass is 10.3. The molecular weight excluding hydrogens is 276 g/mol. The molecule has 0 radical (unpaired) electrons. The van der Waals surface area contributed by atoms with Crippen molar-refractivity contribution in [1.29, 1.82) is 0 Å².